The third-order valence-electron chi connectivity index (χ3n) is 2.33. The molecule has 0 radical (unpaired) electrons. The standard InChI is InChI=1S/C12H18ClN3O2/c1-3-11-10(8-9(2)15-16-11)12(17)14-5-7-18-6-4-13/h8H,3-7H2,1-2H3,(H,14,17). The van der Waals surface area contributed by atoms with Crippen LogP contribution in [-0.2, 0) is 11.2 Å². The topological polar surface area (TPSA) is 64.1 Å². The van der Waals surface area contributed by atoms with Crippen LogP contribution in [0.5, 0.6) is 0 Å². The predicted octanol–water partition coefficient (Wildman–Crippen LogP) is 1.33. The number of rotatable bonds is 7. The normalized spacial score (nSPS) is 10.4. The van der Waals surface area contributed by atoms with Gasteiger partial charge in [0.1, 0.15) is 0 Å². The number of aromatic nitrogens is 2. The lowest BCUT2D eigenvalue weighted by Gasteiger charge is -2.08. The van der Waals surface area contributed by atoms with Crippen molar-refractivity contribution in [1.29, 1.82) is 0 Å². The molecule has 5 nitrogen and oxygen atoms in total. The lowest BCUT2D eigenvalue weighted by molar-refractivity contribution is 0.0922. The molecule has 1 amide bonds. The van der Waals surface area contributed by atoms with Gasteiger partial charge in [-0.2, -0.15) is 10.2 Å². The summed E-state index contributed by atoms with van der Waals surface area (Å²) in [6.07, 6.45) is 0.679. The number of hydrogen-bond donors (Lipinski definition) is 1. The molecule has 1 heterocycles. The summed E-state index contributed by atoms with van der Waals surface area (Å²) in [6, 6.07) is 1.75. The molecule has 0 bridgehead atoms. The highest BCUT2D eigenvalue weighted by atomic mass is 35.5. The van der Waals surface area contributed by atoms with Crippen molar-refractivity contribution in [1.82, 2.24) is 15.5 Å². The fraction of sp³-hybridized carbons (Fsp3) is 0.583. The zero-order valence-electron chi connectivity index (χ0n) is 10.7. The number of aryl methyl sites for hydroxylation is 2. The molecule has 18 heavy (non-hydrogen) atoms. The summed E-state index contributed by atoms with van der Waals surface area (Å²) in [4.78, 5) is 11.9. The number of alkyl halides is 1. The molecule has 6 heteroatoms. The van der Waals surface area contributed by atoms with Crippen molar-refractivity contribution >= 4 is 17.5 Å². The second-order valence-corrected chi connectivity index (χ2v) is 4.13. The van der Waals surface area contributed by atoms with Gasteiger partial charge in [-0.1, -0.05) is 6.92 Å². The molecule has 0 aromatic carbocycles. The van der Waals surface area contributed by atoms with Gasteiger partial charge in [-0.05, 0) is 19.4 Å². The highest BCUT2D eigenvalue weighted by Crippen LogP contribution is 2.07. The van der Waals surface area contributed by atoms with E-state index in [4.69, 9.17) is 16.3 Å². The van der Waals surface area contributed by atoms with Gasteiger partial charge in [-0.3, -0.25) is 4.79 Å². The number of carbonyl (C=O) groups is 1. The van der Waals surface area contributed by atoms with Crippen molar-refractivity contribution in [3.05, 3.63) is 23.0 Å². The predicted molar refractivity (Wildman–Crippen MR) is 70.0 cm³/mol. The Morgan fingerprint density at radius 1 is 1.44 bits per heavy atom. The Morgan fingerprint density at radius 2 is 2.22 bits per heavy atom. The quantitative estimate of drug-likeness (QED) is 0.600. The first-order valence-corrected chi connectivity index (χ1v) is 6.47. The van der Waals surface area contributed by atoms with Gasteiger partial charge >= 0.3 is 0 Å². The van der Waals surface area contributed by atoms with E-state index in [2.05, 4.69) is 15.5 Å². The molecular weight excluding hydrogens is 254 g/mol. The molecule has 1 N–H and O–H groups in total. The Bertz CT molecular complexity index is 399. The van der Waals surface area contributed by atoms with Crippen LogP contribution in [0.1, 0.15) is 28.7 Å². The summed E-state index contributed by atoms with van der Waals surface area (Å²) in [7, 11) is 0. The van der Waals surface area contributed by atoms with Gasteiger partial charge in [0.25, 0.3) is 5.91 Å². The van der Waals surface area contributed by atoms with Gasteiger partial charge in [0.15, 0.2) is 0 Å². The molecule has 1 aromatic rings. The van der Waals surface area contributed by atoms with Crippen molar-refractivity contribution in [3.63, 3.8) is 0 Å². The fourth-order valence-corrected chi connectivity index (χ4v) is 1.57. The average molecular weight is 272 g/mol. The third kappa shape index (κ3) is 4.58. The maximum Gasteiger partial charge on any atom is 0.253 e. The lowest BCUT2D eigenvalue weighted by atomic mass is 10.1. The zero-order chi connectivity index (χ0) is 13.4. The van der Waals surface area contributed by atoms with E-state index in [0.717, 1.165) is 5.69 Å². The minimum atomic E-state index is -0.140. The molecule has 1 aromatic heterocycles. The van der Waals surface area contributed by atoms with Crippen molar-refractivity contribution in [3.8, 4) is 0 Å². The average Bonchev–Trinajstić information content (AvgIpc) is 2.38. The van der Waals surface area contributed by atoms with Crippen molar-refractivity contribution in [2.75, 3.05) is 25.6 Å². The van der Waals surface area contributed by atoms with E-state index < -0.39 is 0 Å². The molecule has 0 saturated heterocycles. The van der Waals surface area contributed by atoms with Crippen LogP contribution < -0.4 is 5.32 Å². The first kappa shape index (κ1) is 14.9. The van der Waals surface area contributed by atoms with Gasteiger partial charge < -0.3 is 10.1 Å². The Kier molecular flexibility index (Phi) is 6.60. The van der Waals surface area contributed by atoms with E-state index in [0.29, 0.717) is 43.3 Å². The van der Waals surface area contributed by atoms with Crippen molar-refractivity contribution in [2.45, 2.75) is 20.3 Å². The van der Waals surface area contributed by atoms with Gasteiger partial charge in [0.05, 0.1) is 30.2 Å². The summed E-state index contributed by atoms with van der Waals surface area (Å²) in [5, 5.41) is 10.7. The van der Waals surface area contributed by atoms with Crippen molar-refractivity contribution < 1.29 is 9.53 Å². The number of halogens is 1. The Hall–Kier alpha value is -1.20. The molecule has 0 unspecified atom stereocenters. The highest BCUT2D eigenvalue weighted by Gasteiger charge is 2.12. The molecule has 0 aliphatic carbocycles. The minimum absolute atomic E-state index is 0.140. The monoisotopic (exact) mass is 271 g/mol. The molecule has 0 atom stereocenters. The molecule has 1 rings (SSSR count). The van der Waals surface area contributed by atoms with Crippen LogP contribution in [-0.4, -0.2) is 41.7 Å². The largest absolute Gasteiger partial charge is 0.378 e. The van der Waals surface area contributed by atoms with Crippen LogP contribution in [0.2, 0.25) is 0 Å². The molecule has 0 saturated carbocycles. The lowest BCUT2D eigenvalue weighted by Crippen LogP contribution is -2.28. The number of nitrogens with one attached hydrogen (secondary N) is 1. The summed E-state index contributed by atoms with van der Waals surface area (Å²) >= 11 is 5.47. The smallest absolute Gasteiger partial charge is 0.253 e. The maximum atomic E-state index is 11.9. The van der Waals surface area contributed by atoms with E-state index in [9.17, 15) is 4.79 Å². The van der Waals surface area contributed by atoms with Gasteiger partial charge in [0, 0.05) is 12.4 Å². The Morgan fingerprint density at radius 3 is 2.89 bits per heavy atom. The SMILES string of the molecule is CCc1nnc(C)cc1C(=O)NCCOCCCl. The first-order chi connectivity index (χ1) is 8.69. The minimum Gasteiger partial charge on any atom is -0.378 e. The summed E-state index contributed by atoms with van der Waals surface area (Å²) in [5.74, 6) is 0.320. The summed E-state index contributed by atoms with van der Waals surface area (Å²) in [6.45, 7) is 5.16. The van der Waals surface area contributed by atoms with Crippen molar-refractivity contribution in [2.24, 2.45) is 0 Å². The summed E-state index contributed by atoms with van der Waals surface area (Å²) < 4.78 is 5.17. The number of carbonyl (C=O) groups excluding carboxylic acids is 1. The van der Waals surface area contributed by atoms with Crippen LogP contribution in [0.15, 0.2) is 6.07 Å². The summed E-state index contributed by atoms with van der Waals surface area (Å²) in [5.41, 5.74) is 2.03. The van der Waals surface area contributed by atoms with Crippen LogP contribution in [0, 0.1) is 6.92 Å². The number of amides is 1. The van der Waals surface area contributed by atoms with Crippen LogP contribution >= 0.6 is 11.6 Å². The van der Waals surface area contributed by atoms with Gasteiger partial charge in [-0.15, -0.1) is 11.6 Å². The van der Waals surface area contributed by atoms with Gasteiger partial charge in [-0.25, -0.2) is 0 Å². The molecule has 0 spiro atoms. The van der Waals surface area contributed by atoms with Crippen LogP contribution in [0.3, 0.4) is 0 Å². The van der Waals surface area contributed by atoms with E-state index in [-0.39, 0.29) is 5.91 Å². The van der Waals surface area contributed by atoms with E-state index in [1.54, 1.807) is 6.07 Å². The Balaban J connectivity index is 2.52. The maximum absolute atomic E-state index is 11.9. The fourth-order valence-electron chi connectivity index (χ4n) is 1.46. The molecule has 0 fully saturated rings. The second-order valence-electron chi connectivity index (χ2n) is 3.76. The molecule has 0 aliphatic rings. The third-order valence-corrected chi connectivity index (χ3v) is 2.48. The van der Waals surface area contributed by atoms with Gasteiger partial charge in [0.2, 0.25) is 0 Å². The van der Waals surface area contributed by atoms with E-state index in [1.165, 1.54) is 0 Å². The van der Waals surface area contributed by atoms with E-state index >= 15 is 0 Å². The number of ether oxygens (including phenoxy) is 1. The molecular formula is C12H18ClN3O2. The van der Waals surface area contributed by atoms with Crippen LogP contribution in [0.4, 0.5) is 0 Å². The second kappa shape index (κ2) is 8.00. The molecule has 100 valence electrons. The first-order valence-electron chi connectivity index (χ1n) is 5.94. The molecule has 0 aliphatic heterocycles. The highest BCUT2D eigenvalue weighted by molar-refractivity contribution is 6.17. The Labute approximate surface area is 112 Å². The zero-order valence-corrected chi connectivity index (χ0v) is 11.5. The van der Waals surface area contributed by atoms with E-state index in [1.807, 2.05) is 13.8 Å². The van der Waals surface area contributed by atoms with Crippen LogP contribution in [0.25, 0.3) is 0 Å². The number of hydrogen-bond acceptors (Lipinski definition) is 4. The number of nitrogens with zero attached hydrogens (tertiary/aromatic N) is 2.